The number of aryl methyl sites for hydroxylation is 1. The van der Waals surface area contributed by atoms with E-state index in [1.807, 2.05) is 43.9 Å². The molecule has 2 N–H and O–H groups in total. The van der Waals surface area contributed by atoms with E-state index in [1.54, 1.807) is 23.1 Å². The van der Waals surface area contributed by atoms with Crippen LogP contribution < -0.4 is 25.2 Å². The predicted molar refractivity (Wildman–Crippen MR) is 177 cm³/mol. The number of anilines is 4. The van der Waals surface area contributed by atoms with E-state index in [0.717, 1.165) is 67.9 Å². The molecule has 1 fully saturated rings. The summed E-state index contributed by atoms with van der Waals surface area (Å²) in [5.41, 5.74) is 2.48. The minimum atomic E-state index is -4.43. The summed E-state index contributed by atoms with van der Waals surface area (Å²) in [6.45, 7) is 14.2. The van der Waals surface area contributed by atoms with Crippen LogP contribution >= 0.6 is 0 Å². The molecule has 0 aliphatic carbocycles. The number of alkyl halides is 3. The van der Waals surface area contributed by atoms with Crippen LogP contribution in [0.25, 0.3) is 0 Å². The van der Waals surface area contributed by atoms with Crippen molar-refractivity contribution >= 4 is 35.6 Å². The van der Waals surface area contributed by atoms with Gasteiger partial charge in [0.15, 0.2) is 0 Å². The van der Waals surface area contributed by atoms with Crippen molar-refractivity contribution in [3.8, 4) is 5.75 Å². The number of fused-ring (bicyclic) bond motifs is 1. The molecule has 3 amide bonds. The van der Waals surface area contributed by atoms with Gasteiger partial charge in [-0.15, -0.1) is 0 Å². The second-order valence-electron chi connectivity index (χ2n) is 11.2. The highest BCUT2D eigenvalue weighted by Crippen LogP contribution is 2.35. The average Bonchev–Trinajstić information content (AvgIpc) is 3.05. The molecule has 0 atom stereocenters. The number of nitrogens with one attached hydrogen (secondary N) is 2. The maximum atomic E-state index is 13.2. The molecule has 3 heterocycles. The molecule has 2 aliphatic heterocycles. The Morgan fingerprint density at radius 1 is 1.00 bits per heavy atom. The van der Waals surface area contributed by atoms with Crippen molar-refractivity contribution in [3.05, 3.63) is 64.8 Å². The van der Waals surface area contributed by atoms with Gasteiger partial charge in [-0.05, 0) is 62.7 Å². The van der Waals surface area contributed by atoms with Crippen molar-refractivity contribution in [1.29, 1.82) is 0 Å². The Bertz CT molecular complexity index is 1530. The van der Waals surface area contributed by atoms with Crippen molar-refractivity contribution < 1.29 is 27.5 Å². The number of ether oxygens (including phenoxy) is 1. The highest BCUT2D eigenvalue weighted by Gasteiger charge is 2.35. The largest absolute Gasteiger partial charge is 0.497 e. The Morgan fingerprint density at radius 3 is 2.34 bits per heavy atom. The number of hydrogen-bond donors (Lipinski definition) is 2. The van der Waals surface area contributed by atoms with E-state index in [2.05, 4.69) is 32.4 Å². The van der Waals surface area contributed by atoms with Gasteiger partial charge < -0.3 is 20.3 Å². The first-order valence-electron chi connectivity index (χ1n) is 15.7. The Balaban J connectivity index is 0.000000215. The van der Waals surface area contributed by atoms with Crippen LogP contribution in [0.5, 0.6) is 5.75 Å². The minimum absolute atomic E-state index is 0.0937. The summed E-state index contributed by atoms with van der Waals surface area (Å²) in [6.07, 6.45) is -2.27. The Hall–Kier alpha value is -4.43. The van der Waals surface area contributed by atoms with Crippen LogP contribution in [0.2, 0.25) is 0 Å². The lowest BCUT2D eigenvalue weighted by molar-refractivity contribution is -0.138. The summed E-state index contributed by atoms with van der Waals surface area (Å²) in [7, 11) is 1.63. The van der Waals surface area contributed by atoms with Crippen LogP contribution in [0.3, 0.4) is 0 Å². The van der Waals surface area contributed by atoms with Crippen LogP contribution in [0.1, 0.15) is 43.0 Å². The lowest BCUT2D eigenvalue weighted by atomic mass is 10.0. The molecule has 0 spiro atoms. The maximum Gasteiger partial charge on any atom is 0.416 e. The molecular formula is C33H43F3N8O3. The summed E-state index contributed by atoms with van der Waals surface area (Å²) in [6, 6.07) is 9.64. The summed E-state index contributed by atoms with van der Waals surface area (Å²) in [5, 5.41) is 5.36. The highest BCUT2D eigenvalue weighted by molar-refractivity contribution is 6.05. The van der Waals surface area contributed by atoms with E-state index in [1.165, 1.54) is 12.1 Å². The van der Waals surface area contributed by atoms with Gasteiger partial charge in [0, 0.05) is 75.0 Å². The molecule has 47 heavy (non-hydrogen) atoms. The van der Waals surface area contributed by atoms with Crippen LogP contribution in [0.4, 0.5) is 41.1 Å². The van der Waals surface area contributed by atoms with Crippen LogP contribution in [0.15, 0.2) is 42.6 Å². The van der Waals surface area contributed by atoms with Gasteiger partial charge in [-0.25, -0.2) is 9.78 Å². The number of urea groups is 1. The number of carbonyl (C=O) groups excluding carboxylic acids is 2. The van der Waals surface area contributed by atoms with E-state index in [9.17, 15) is 22.8 Å². The molecule has 2 aromatic carbocycles. The standard InChI is InChI=1S/C18H23N5O2.C15H20F3N3O/c1-5-19-17-20-10-13-11-23(18(24)22(6-2)16(13)21-17)14-7-12(3)8-15(9-14)25-4;1-2-20-5-7-21(8-6-20)10-12-3-4-13(19-11-22)9-14(12)15(16,17)18/h7-10H,5-6,11H2,1-4H3,(H,19,20,21);3-4,9,11H,2,5-8,10H2,1H3,(H,19,22). The molecular weight excluding hydrogens is 613 g/mol. The number of benzene rings is 2. The predicted octanol–water partition coefficient (Wildman–Crippen LogP) is 5.60. The number of hydrogen-bond acceptors (Lipinski definition) is 8. The highest BCUT2D eigenvalue weighted by atomic mass is 19.4. The van der Waals surface area contributed by atoms with Gasteiger partial charge in [0.05, 0.1) is 19.2 Å². The molecule has 0 saturated carbocycles. The first kappa shape index (κ1) is 35.4. The average molecular weight is 657 g/mol. The Morgan fingerprint density at radius 2 is 1.72 bits per heavy atom. The fourth-order valence-corrected chi connectivity index (χ4v) is 5.59. The van der Waals surface area contributed by atoms with E-state index in [-0.39, 0.29) is 23.8 Å². The Kier molecular flexibility index (Phi) is 12.0. The summed E-state index contributed by atoms with van der Waals surface area (Å²) in [4.78, 5) is 40.0. The van der Waals surface area contributed by atoms with Crippen LogP contribution in [-0.4, -0.2) is 85.1 Å². The van der Waals surface area contributed by atoms with Crippen molar-refractivity contribution in [1.82, 2.24) is 19.8 Å². The van der Waals surface area contributed by atoms with Crippen molar-refractivity contribution in [3.63, 3.8) is 0 Å². The number of likely N-dealkylation sites (N-methyl/N-ethyl adjacent to an activating group) is 1. The minimum Gasteiger partial charge on any atom is -0.497 e. The number of amides is 3. The first-order chi connectivity index (χ1) is 22.5. The number of rotatable bonds is 10. The number of piperazine rings is 1. The monoisotopic (exact) mass is 656 g/mol. The van der Waals surface area contributed by atoms with Gasteiger partial charge in [0.25, 0.3) is 0 Å². The first-order valence-corrected chi connectivity index (χ1v) is 15.7. The zero-order valence-electron chi connectivity index (χ0n) is 27.5. The number of carbonyl (C=O) groups is 2. The second kappa shape index (κ2) is 15.9. The van der Waals surface area contributed by atoms with Gasteiger partial charge in [-0.3, -0.25) is 19.5 Å². The zero-order chi connectivity index (χ0) is 34.1. The molecule has 11 nitrogen and oxygen atoms in total. The molecule has 14 heteroatoms. The fourth-order valence-electron chi connectivity index (χ4n) is 5.59. The van der Waals surface area contributed by atoms with E-state index in [4.69, 9.17) is 4.74 Å². The molecule has 2 aliphatic rings. The van der Waals surface area contributed by atoms with Crippen molar-refractivity contribution in [2.75, 3.05) is 73.4 Å². The van der Waals surface area contributed by atoms with Gasteiger partial charge in [0.2, 0.25) is 12.4 Å². The van der Waals surface area contributed by atoms with Crippen molar-refractivity contribution in [2.24, 2.45) is 0 Å². The third-order valence-corrected chi connectivity index (χ3v) is 8.07. The zero-order valence-corrected chi connectivity index (χ0v) is 27.5. The topological polar surface area (TPSA) is 106 Å². The SMILES string of the molecule is CCN1CCN(Cc2ccc(NC=O)cc2C(F)(F)F)CC1.CCNc1ncc2c(n1)N(CC)C(=O)N(c1cc(C)cc(OC)c1)C2. The van der Waals surface area contributed by atoms with E-state index in [0.29, 0.717) is 31.3 Å². The van der Waals surface area contributed by atoms with Crippen LogP contribution in [0, 0.1) is 6.92 Å². The van der Waals surface area contributed by atoms with Gasteiger partial charge >= 0.3 is 12.2 Å². The van der Waals surface area contributed by atoms with Gasteiger partial charge in [-0.2, -0.15) is 18.2 Å². The molecule has 1 saturated heterocycles. The third-order valence-electron chi connectivity index (χ3n) is 8.07. The van der Waals surface area contributed by atoms with Gasteiger partial charge in [0.1, 0.15) is 11.6 Å². The second-order valence-corrected chi connectivity index (χ2v) is 11.2. The number of halogens is 3. The lowest BCUT2D eigenvalue weighted by Gasteiger charge is -2.35. The molecule has 3 aromatic rings. The Labute approximate surface area is 273 Å². The normalized spacial score (nSPS) is 15.4. The molecule has 1 aromatic heterocycles. The molecule has 0 bridgehead atoms. The van der Waals surface area contributed by atoms with E-state index >= 15 is 0 Å². The van der Waals surface area contributed by atoms with Gasteiger partial charge in [-0.1, -0.05) is 13.0 Å². The fraction of sp³-hybridized carbons (Fsp3) is 0.455. The summed E-state index contributed by atoms with van der Waals surface area (Å²) >= 11 is 0. The summed E-state index contributed by atoms with van der Waals surface area (Å²) < 4.78 is 44.9. The maximum absolute atomic E-state index is 13.2. The molecule has 0 radical (unpaired) electrons. The van der Waals surface area contributed by atoms with E-state index < -0.39 is 11.7 Å². The number of aromatic nitrogens is 2. The lowest BCUT2D eigenvalue weighted by Crippen LogP contribution is -2.48. The number of methoxy groups -OCH3 is 1. The molecule has 254 valence electrons. The smallest absolute Gasteiger partial charge is 0.416 e. The third kappa shape index (κ3) is 8.89. The quantitative estimate of drug-likeness (QED) is 0.272. The number of nitrogens with zero attached hydrogens (tertiary/aromatic N) is 6. The molecule has 0 unspecified atom stereocenters. The van der Waals surface area contributed by atoms with Crippen molar-refractivity contribution in [2.45, 2.75) is 47.0 Å². The van der Waals surface area contributed by atoms with Crippen LogP contribution in [-0.2, 0) is 24.1 Å². The molecule has 5 rings (SSSR count). The summed E-state index contributed by atoms with van der Waals surface area (Å²) in [5.74, 6) is 1.95.